The van der Waals surface area contributed by atoms with Crippen molar-refractivity contribution in [2.75, 3.05) is 19.8 Å². The van der Waals surface area contributed by atoms with Crippen molar-refractivity contribution in [2.45, 2.75) is 6.92 Å². The molecular formula is C10H13NO5. The Labute approximate surface area is 92.6 Å². The number of pyridine rings is 1. The highest BCUT2D eigenvalue weighted by atomic mass is 16.5. The maximum atomic E-state index is 11.2. The first-order chi connectivity index (χ1) is 7.66. The number of carboxylic acids is 1. The normalized spacial score (nSPS) is 10.1. The molecule has 1 aromatic rings. The van der Waals surface area contributed by atoms with Crippen molar-refractivity contribution in [1.82, 2.24) is 0 Å². The van der Waals surface area contributed by atoms with Crippen LogP contribution in [0.2, 0.25) is 0 Å². The number of aromatic nitrogens is 1. The molecule has 1 rings (SSSR count). The minimum atomic E-state index is -1.32. The zero-order valence-corrected chi connectivity index (χ0v) is 8.88. The van der Waals surface area contributed by atoms with Crippen LogP contribution in [0.1, 0.15) is 17.4 Å². The Kier molecular flexibility index (Phi) is 4.53. The highest BCUT2D eigenvalue weighted by Crippen LogP contribution is 2.13. The molecule has 0 spiro atoms. The van der Waals surface area contributed by atoms with E-state index in [9.17, 15) is 10.0 Å². The van der Waals surface area contributed by atoms with Crippen molar-refractivity contribution in [3.05, 3.63) is 29.2 Å². The molecule has 1 heterocycles. The molecule has 88 valence electrons. The number of aromatic carboxylic acids is 1. The monoisotopic (exact) mass is 227 g/mol. The summed E-state index contributed by atoms with van der Waals surface area (Å²) in [5.41, 5.74) is -0.418. The van der Waals surface area contributed by atoms with Crippen molar-refractivity contribution in [3.8, 4) is 5.75 Å². The fourth-order valence-corrected chi connectivity index (χ4v) is 1.14. The first-order valence-electron chi connectivity index (χ1n) is 4.82. The third-order valence-electron chi connectivity index (χ3n) is 1.81. The van der Waals surface area contributed by atoms with Crippen molar-refractivity contribution in [3.63, 3.8) is 0 Å². The minimum absolute atomic E-state index is 0.0460. The number of ether oxygens (including phenoxy) is 2. The molecule has 1 N–H and O–H groups in total. The van der Waals surface area contributed by atoms with Gasteiger partial charge in [-0.15, -0.1) is 0 Å². The summed E-state index contributed by atoms with van der Waals surface area (Å²) in [6.45, 7) is 2.96. The highest BCUT2D eigenvalue weighted by molar-refractivity contribution is 5.86. The highest BCUT2D eigenvalue weighted by Gasteiger charge is 2.21. The van der Waals surface area contributed by atoms with Gasteiger partial charge in [0.15, 0.2) is 6.20 Å². The molecule has 0 saturated heterocycles. The van der Waals surface area contributed by atoms with Crippen LogP contribution in [0.3, 0.4) is 0 Å². The molecule has 0 amide bonds. The summed E-state index contributed by atoms with van der Waals surface area (Å²) >= 11 is 0. The third-order valence-corrected chi connectivity index (χ3v) is 1.81. The Bertz CT molecular complexity index is 366. The molecule has 16 heavy (non-hydrogen) atoms. The lowest BCUT2D eigenvalue weighted by Gasteiger charge is -2.08. The van der Waals surface area contributed by atoms with Gasteiger partial charge in [0.25, 0.3) is 0 Å². The molecule has 0 radical (unpaired) electrons. The zero-order valence-electron chi connectivity index (χ0n) is 8.88. The van der Waals surface area contributed by atoms with Gasteiger partial charge in [-0.1, -0.05) is 0 Å². The van der Waals surface area contributed by atoms with Crippen LogP contribution in [-0.2, 0) is 4.74 Å². The SMILES string of the molecule is CCOCCOc1ccc[n+]([O-])c1C(=O)O. The smallest absolute Gasteiger partial charge is 0.406 e. The average molecular weight is 227 g/mol. The Morgan fingerprint density at radius 1 is 1.56 bits per heavy atom. The van der Waals surface area contributed by atoms with Gasteiger partial charge >= 0.3 is 11.7 Å². The first-order valence-corrected chi connectivity index (χ1v) is 4.82. The summed E-state index contributed by atoms with van der Waals surface area (Å²) in [6.07, 6.45) is 1.11. The fraction of sp³-hybridized carbons (Fsp3) is 0.400. The summed E-state index contributed by atoms with van der Waals surface area (Å²) < 4.78 is 10.4. The van der Waals surface area contributed by atoms with Crippen LogP contribution >= 0.6 is 0 Å². The van der Waals surface area contributed by atoms with Crippen molar-refractivity contribution >= 4 is 5.97 Å². The molecule has 1 aromatic heterocycles. The topological polar surface area (TPSA) is 82.7 Å². The van der Waals surface area contributed by atoms with Gasteiger partial charge < -0.3 is 19.8 Å². The van der Waals surface area contributed by atoms with Gasteiger partial charge in [0.2, 0.25) is 5.75 Å². The second kappa shape index (κ2) is 5.92. The van der Waals surface area contributed by atoms with E-state index in [1.54, 1.807) is 0 Å². The van der Waals surface area contributed by atoms with Gasteiger partial charge in [0, 0.05) is 12.7 Å². The van der Waals surface area contributed by atoms with E-state index >= 15 is 0 Å². The van der Waals surface area contributed by atoms with Gasteiger partial charge in [-0.25, -0.2) is 4.79 Å². The third kappa shape index (κ3) is 3.09. The van der Waals surface area contributed by atoms with Crippen LogP contribution < -0.4 is 9.47 Å². The maximum absolute atomic E-state index is 11.2. The second-order valence-electron chi connectivity index (χ2n) is 2.90. The van der Waals surface area contributed by atoms with Crippen LogP contribution in [-0.4, -0.2) is 30.9 Å². The number of hydrogen-bond donors (Lipinski definition) is 1. The number of carboxylic acid groups (broad SMARTS) is 1. The van der Waals surface area contributed by atoms with E-state index in [4.69, 9.17) is 14.6 Å². The number of rotatable bonds is 6. The van der Waals surface area contributed by atoms with Crippen LogP contribution in [0.4, 0.5) is 0 Å². The minimum Gasteiger partial charge on any atom is -0.618 e. The lowest BCUT2D eigenvalue weighted by atomic mass is 10.3. The van der Waals surface area contributed by atoms with Gasteiger partial charge in [0.05, 0.1) is 6.61 Å². The summed E-state index contributed by atoms with van der Waals surface area (Å²) in [4.78, 5) is 10.8. The van der Waals surface area contributed by atoms with Crippen LogP contribution in [0.15, 0.2) is 18.3 Å². The predicted molar refractivity (Wildman–Crippen MR) is 54.3 cm³/mol. The summed E-state index contributed by atoms with van der Waals surface area (Å²) in [7, 11) is 0. The van der Waals surface area contributed by atoms with E-state index in [0.717, 1.165) is 6.20 Å². The van der Waals surface area contributed by atoms with Crippen molar-refractivity contribution < 1.29 is 24.1 Å². The summed E-state index contributed by atoms with van der Waals surface area (Å²) in [5.74, 6) is -1.27. The molecule has 0 aliphatic heterocycles. The Hall–Kier alpha value is -1.82. The maximum Gasteiger partial charge on any atom is 0.406 e. The van der Waals surface area contributed by atoms with E-state index in [2.05, 4.69) is 0 Å². The lowest BCUT2D eigenvalue weighted by molar-refractivity contribution is -0.608. The molecule has 0 unspecified atom stereocenters. The van der Waals surface area contributed by atoms with Gasteiger partial charge in [-0.2, -0.15) is 4.73 Å². The molecule has 0 aliphatic rings. The van der Waals surface area contributed by atoms with E-state index in [1.165, 1.54) is 12.1 Å². The molecule has 0 saturated carbocycles. The molecule has 6 nitrogen and oxygen atoms in total. The van der Waals surface area contributed by atoms with Crippen LogP contribution in [0.25, 0.3) is 0 Å². The predicted octanol–water partition coefficient (Wildman–Crippen LogP) is 0.433. The number of carbonyl (C=O) groups is 1. The zero-order chi connectivity index (χ0) is 12.0. The van der Waals surface area contributed by atoms with Crippen LogP contribution in [0, 0.1) is 5.21 Å². The average Bonchev–Trinajstić information content (AvgIpc) is 2.24. The summed E-state index contributed by atoms with van der Waals surface area (Å²) in [6, 6.07) is 2.86. The van der Waals surface area contributed by atoms with Gasteiger partial charge in [0.1, 0.15) is 6.61 Å². The Balaban J connectivity index is 2.71. The molecule has 0 aromatic carbocycles. The molecule has 0 bridgehead atoms. The molecule has 0 atom stereocenters. The van der Waals surface area contributed by atoms with E-state index < -0.39 is 11.7 Å². The summed E-state index contributed by atoms with van der Waals surface area (Å²) in [5, 5.41) is 20.0. The van der Waals surface area contributed by atoms with Crippen LogP contribution in [0.5, 0.6) is 5.75 Å². The van der Waals surface area contributed by atoms with Crippen molar-refractivity contribution in [2.24, 2.45) is 0 Å². The Morgan fingerprint density at radius 3 is 2.94 bits per heavy atom. The lowest BCUT2D eigenvalue weighted by Crippen LogP contribution is -2.34. The van der Waals surface area contributed by atoms with Gasteiger partial charge in [-0.3, -0.25) is 0 Å². The van der Waals surface area contributed by atoms with E-state index in [-0.39, 0.29) is 17.1 Å². The molecule has 0 aliphatic carbocycles. The van der Waals surface area contributed by atoms with E-state index in [1.807, 2.05) is 6.92 Å². The van der Waals surface area contributed by atoms with Crippen molar-refractivity contribution in [1.29, 1.82) is 0 Å². The Morgan fingerprint density at radius 2 is 2.31 bits per heavy atom. The number of hydrogen-bond acceptors (Lipinski definition) is 4. The fourth-order valence-electron chi connectivity index (χ4n) is 1.14. The first kappa shape index (κ1) is 12.3. The molecular weight excluding hydrogens is 214 g/mol. The largest absolute Gasteiger partial charge is 0.618 e. The number of nitrogens with zero attached hydrogens (tertiary/aromatic N) is 1. The van der Waals surface area contributed by atoms with Gasteiger partial charge in [-0.05, 0) is 13.0 Å². The molecule has 0 fully saturated rings. The quantitative estimate of drug-likeness (QED) is 0.433. The molecule has 6 heteroatoms. The van der Waals surface area contributed by atoms with E-state index in [0.29, 0.717) is 13.2 Å². The second-order valence-corrected chi connectivity index (χ2v) is 2.90. The standard InChI is InChI=1S/C10H13NO5/c1-2-15-6-7-16-8-4-3-5-11(14)9(8)10(12)13/h3-5H,2,6-7H2,1H3,(H,12,13).